The third-order valence-electron chi connectivity index (χ3n) is 7.27. The van der Waals surface area contributed by atoms with Gasteiger partial charge in [0.25, 0.3) is 0 Å². The summed E-state index contributed by atoms with van der Waals surface area (Å²) in [4.78, 5) is 7.98. The van der Waals surface area contributed by atoms with Gasteiger partial charge in [0.05, 0.1) is 23.7 Å². The highest BCUT2D eigenvalue weighted by molar-refractivity contribution is 7.80. The van der Waals surface area contributed by atoms with Gasteiger partial charge in [-0.15, -0.1) is 6.58 Å². The molecule has 4 heterocycles. The molecule has 3 aliphatic heterocycles. The summed E-state index contributed by atoms with van der Waals surface area (Å²) < 4.78 is 5.88. The van der Waals surface area contributed by atoms with Gasteiger partial charge in [0, 0.05) is 24.2 Å². The average molecular weight is 458 g/mol. The van der Waals surface area contributed by atoms with Crippen molar-refractivity contribution in [1.82, 2.24) is 15.2 Å². The summed E-state index contributed by atoms with van der Waals surface area (Å²) in [6, 6.07) is 19.0. The molecule has 5 heteroatoms. The largest absolute Gasteiger partial charge is 0.493 e. The van der Waals surface area contributed by atoms with Gasteiger partial charge in [0.2, 0.25) is 0 Å². The Morgan fingerprint density at radius 3 is 2.85 bits per heavy atom. The lowest BCUT2D eigenvalue weighted by molar-refractivity contribution is 0.00445. The molecule has 33 heavy (non-hydrogen) atoms. The minimum atomic E-state index is 0.0636. The van der Waals surface area contributed by atoms with Crippen molar-refractivity contribution in [2.24, 2.45) is 11.8 Å². The van der Waals surface area contributed by atoms with Crippen LogP contribution in [0.2, 0.25) is 0 Å². The lowest BCUT2D eigenvalue weighted by Gasteiger charge is -2.52. The van der Waals surface area contributed by atoms with Crippen LogP contribution in [-0.2, 0) is 0 Å². The highest BCUT2D eigenvalue weighted by Gasteiger charge is 2.43. The number of benzene rings is 2. The van der Waals surface area contributed by atoms with E-state index >= 15 is 0 Å². The Kier molecular flexibility index (Phi) is 6.43. The Bertz CT molecular complexity index is 1160. The van der Waals surface area contributed by atoms with Crippen molar-refractivity contribution in [3.8, 4) is 5.75 Å². The van der Waals surface area contributed by atoms with Crippen LogP contribution in [-0.4, -0.2) is 40.6 Å². The third kappa shape index (κ3) is 4.28. The van der Waals surface area contributed by atoms with Crippen LogP contribution in [0.5, 0.6) is 5.75 Å². The minimum Gasteiger partial charge on any atom is -0.493 e. The number of aromatic nitrogens is 1. The summed E-state index contributed by atoms with van der Waals surface area (Å²) in [6.07, 6.45) is 6.46. The predicted octanol–water partition coefficient (Wildman–Crippen LogP) is 5.54. The van der Waals surface area contributed by atoms with Crippen LogP contribution >= 0.6 is 12.2 Å². The Labute approximate surface area is 201 Å². The van der Waals surface area contributed by atoms with E-state index in [0.717, 1.165) is 41.3 Å². The summed E-state index contributed by atoms with van der Waals surface area (Å²) in [5.41, 5.74) is 3.21. The second-order valence-electron chi connectivity index (χ2n) is 9.04. The van der Waals surface area contributed by atoms with Gasteiger partial charge < -0.3 is 10.1 Å². The molecule has 3 saturated heterocycles. The summed E-state index contributed by atoms with van der Waals surface area (Å²) in [5.74, 6) is 2.09. The van der Waals surface area contributed by atoms with Crippen molar-refractivity contribution in [2.45, 2.75) is 31.8 Å². The molecule has 0 aliphatic carbocycles. The molecular formula is C28H31N3OS. The van der Waals surface area contributed by atoms with Crippen LogP contribution in [0.3, 0.4) is 0 Å². The van der Waals surface area contributed by atoms with E-state index in [0.29, 0.717) is 24.5 Å². The fourth-order valence-corrected chi connectivity index (χ4v) is 5.94. The molecule has 0 amide bonds. The number of piperidine rings is 3. The van der Waals surface area contributed by atoms with Gasteiger partial charge in [-0.1, -0.05) is 48.6 Å². The van der Waals surface area contributed by atoms with E-state index in [2.05, 4.69) is 52.1 Å². The average Bonchev–Trinajstić information content (AvgIpc) is 2.87. The van der Waals surface area contributed by atoms with Gasteiger partial charge >= 0.3 is 0 Å². The van der Waals surface area contributed by atoms with E-state index in [9.17, 15) is 0 Å². The quantitative estimate of drug-likeness (QED) is 0.373. The monoisotopic (exact) mass is 457 g/mol. The van der Waals surface area contributed by atoms with Gasteiger partial charge in [0.1, 0.15) is 10.7 Å². The summed E-state index contributed by atoms with van der Waals surface area (Å²) in [7, 11) is 0. The number of nitrogens with one attached hydrogen (secondary N) is 1. The maximum Gasteiger partial charge on any atom is 0.129 e. The second kappa shape index (κ2) is 9.62. The summed E-state index contributed by atoms with van der Waals surface area (Å²) in [5, 5.41) is 4.97. The highest BCUT2D eigenvalue weighted by Crippen LogP contribution is 2.42. The number of fused-ring (bicyclic) bond motifs is 4. The van der Waals surface area contributed by atoms with Crippen molar-refractivity contribution in [2.75, 3.05) is 19.7 Å². The van der Waals surface area contributed by atoms with Crippen LogP contribution in [0.4, 0.5) is 0 Å². The fraction of sp³-hybridized carbons (Fsp3) is 0.357. The lowest BCUT2D eigenvalue weighted by Crippen LogP contribution is -2.57. The molecule has 3 aromatic rings. The van der Waals surface area contributed by atoms with Gasteiger partial charge in [-0.2, -0.15) is 0 Å². The maximum atomic E-state index is 5.98. The molecule has 1 unspecified atom stereocenters. The molecule has 0 saturated carbocycles. The molecule has 2 bridgehead atoms. The molecule has 0 spiro atoms. The number of para-hydroxylation sites is 2. The summed E-state index contributed by atoms with van der Waals surface area (Å²) >= 11 is 5.98. The van der Waals surface area contributed by atoms with E-state index in [1.165, 1.54) is 17.4 Å². The second-order valence-corrected chi connectivity index (χ2v) is 9.45. The Balaban J connectivity index is 1.54. The zero-order chi connectivity index (χ0) is 22.8. The van der Waals surface area contributed by atoms with Crippen LogP contribution in [0, 0.1) is 11.8 Å². The fourth-order valence-electron chi connectivity index (χ4n) is 5.65. The maximum absolute atomic E-state index is 5.98. The smallest absolute Gasteiger partial charge is 0.129 e. The van der Waals surface area contributed by atoms with Crippen LogP contribution < -0.4 is 10.1 Å². The van der Waals surface area contributed by atoms with Crippen molar-refractivity contribution < 1.29 is 4.74 Å². The molecule has 0 radical (unpaired) electrons. The molecule has 1 aromatic heterocycles. The standard InChI is InChI=1S/C28H31N3OS/c1-3-19-18-31-16-14-20(19)17-25(31)27(22-13-15-29-24-11-7-5-9-21(22)24)30-28(33)23-10-6-8-12-26(23)32-4-2/h3,5-13,15,19-20,25,27H,1,4,14,16-18H2,2H3,(H,30,33)/t19-,20-,25-,27-/m0/s1. The number of hydrogen-bond donors (Lipinski definition) is 1. The third-order valence-corrected chi connectivity index (χ3v) is 7.61. The first-order valence-corrected chi connectivity index (χ1v) is 12.3. The predicted molar refractivity (Wildman–Crippen MR) is 139 cm³/mol. The Morgan fingerprint density at radius 2 is 2.06 bits per heavy atom. The van der Waals surface area contributed by atoms with Crippen LogP contribution in [0.15, 0.2) is 73.4 Å². The van der Waals surface area contributed by atoms with Crippen molar-refractivity contribution in [3.63, 3.8) is 0 Å². The first kappa shape index (κ1) is 22.1. The molecule has 6 rings (SSSR count). The Morgan fingerprint density at radius 1 is 1.24 bits per heavy atom. The Hall–Kier alpha value is -2.76. The molecule has 2 aromatic carbocycles. The SMILES string of the molecule is C=C[C@H]1CN2CC[C@H]1C[C@H]2[C@@H](NC(=S)c1ccccc1OCC)c1ccnc2ccccc12. The van der Waals surface area contributed by atoms with E-state index in [-0.39, 0.29) is 6.04 Å². The van der Waals surface area contributed by atoms with Crippen molar-refractivity contribution in [1.29, 1.82) is 0 Å². The minimum absolute atomic E-state index is 0.0636. The molecule has 3 fully saturated rings. The zero-order valence-corrected chi connectivity index (χ0v) is 19.9. The zero-order valence-electron chi connectivity index (χ0n) is 19.1. The number of ether oxygens (including phenoxy) is 1. The van der Waals surface area contributed by atoms with Crippen molar-refractivity contribution in [3.05, 3.63) is 84.6 Å². The first-order chi connectivity index (χ1) is 16.2. The van der Waals surface area contributed by atoms with Gasteiger partial charge in [0.15, 0.2) is 0 Å². The lowest BCUT2D eigenvalue weighted by atomic mass is 9.73. The normalized spacial score (nSPS) is 24.9. The molecule has 170 valence electrons. The first-order valence-electron chi connectivity index (χ1n) is 11.9. The van der Waals surface area contributed by atoms with Crippen molar-refractivity contribution >= 4 is 28.1 Å². The van der Waals surface area contributed by atoms with E-state index < -0.39 is 0 Å². The molecule has 3 aliphatic rings. The molecule has 4 nitrogen and oxygen atoms in total. The topological polar surface area (TPSA) is 37.4 Å². The van der Waals surface area contributed by atoms with E-state index in [4.69, 9.17) is 17.0 Å². The van der Waals surface area contributed by atoms with E-state index in [1.807, 2.05) is 43.5 Å². The highest BCUT2D eigenvalue weighted by atomic mass is 32.1. The van der Waals surface area contributed by atoms with Gasteiger partial charge in [-0.25, -0.2) is 0 Å². The van der Waals surface area contributed by atoms with Crippen LogP contribution in [0.1, 0.15) is 36.9 Å². The molecule has 1 N–H and O–H groups in total. The van der Waals surface area contributed by atoms with Gasteiger partial charge in [-0.3, -0.25) is 9.88 Å². The number of pyridine rings is 1. The number of hydrogen-bond acceptors (Lipinski definition) is 4. The van der Waals surface area contributed by atoms with Crippen LogP contribution in [0.25, 0.3) is 10.9 Å². The number of thiocarbonyl (C=S) groups is 1. The summed E-state index contributed by atoms with van der Waals surface area (Å²) in [6.45, 7) is 8.91. The molecule has 5 atom stereocenters. The molecular weight excluding hydrogens is 426 g/mol. The van der Waals surface area contributed by atoms with E-state index in [1.54, 1.807) is 0 Å². The van der Waals surface area contributed by atoms with Gasteiger partial charge in [-0.05, 0) is 68.0 Å². The number of rotatable bonds is 7. The number of nitrogens with zero attached hydrogens (tertiary/aromatic N) is 2.